The van der Waals surface area contributed by atoms with Crippen LogP contribution in [-0.2, 0) is 10.0 Å². The van der Waals surface area contributed by atoms with Gasteiger partial charge in [0.25, 0.3) is 5.91 Å². The molecule has 1 aromatic rings. The van der Waals surface area contributed by atoms with Crippen LogP contribution in [0.1, 0.15) is 56.8 Å². The average Bonchev–Trinajstić information content (AvgIpc) is 2.75. The molecule has 1 aromatic carbocycles. The fraction of sp³-hybridized carbons (Fsp3) is 0.708. The molecule has 2 aliphatic rings. The van der Waals surface area contributed by atoms with Gasteiger partial charge in [0.05, 0.1) is 17.6 Å². The molecule has 0 aliphatic carbocycles. The minimum Gasteiger partial charge on any atom is -0.496 e. The standard InChI is InChI=1S/C24H39N3O4S/c1-18-8-12-27(13-9-18)24(28)22-15-21(6-7-23(22)31-4)32(29,30)25-10-5-11-26-16-19(2)14-20(3)17-26/h6-7,15,18-20,25H,5,8-14,16-17H2,1-4H3/t19-,20+. The smallest absolute Gasteiger partial charge is 0.257 e. The van der Waals surface area contributed by atoms with E-state index in [0.717, 1.165) is 38.9 Å². The zero-order valence-corrected chi connectivity index (χ0v) is 20.8. The monoisotopic (exact) mass is 465 g/mol. The van der Waals surface area contributed by atoms with Crippen LogP contribution in [0.15, 0.2) is 23.1 Å². The number of carbonyl (C=O) groups is 1. The number of rotatable bonds is 8. The molecule has 0 saturated carbocycles. The van der Waals surface area contributed by atoms with Crippen molar-refractivity contribution in [1.82, 2.24) is 14.5 Å². The molecule has 0 aromatic heterocycles. The van der Waals surface area contributed by atoms with E-state index in [9.17, 15) is 13.2 Å². The third-order valence-corrected chi connectivity index (χ3v) is 8.13. The second-order valence-corrected chi connectivity index (χ2v) is 11.6. The van der Waals surface area contributed by atoms with E-state index in [-0.39, 0.29) is 10.8 Å². The van der Waals surface area contributed by atoms with Gasteiger partial charge in [0.1, 0.15) is 5.75 Å². The summed E-state index contributed by atoms with van der Waals surface area (Å²) in [6.45, 7) is 11.5. The molecule has 2 fully saturated rings. The van der Waals surface area contributed by atoms with Gasteiger partial charge >= 0.3 is 0 Å². The van der Waals surface area contributed by atoms with Gasteiger partial charge < -0.3 is 14.5 Å². The molecule has 1 N–H and O–H groups in total. The highest BCUT2D eigenvalue weighted by Gasteiger charge is 2.26. The van der Waals surface area contributed by atoms with Crippen LogP contribution in [0.4, 0.5) is 0 Å². The van der Waals surface area contributed by atoms with Crippen molar-refractivity contribution in [3.63, 3.8) is 0 Å². The molecule has 32 heavy (non-hydrogen) atoms. The summed E-state index contributed by atoms with van der Waals surface area (Å²) in [5.74, 6) is 2.22. The maximum absolute atomic E-state index is 13.1. The van der Waals surface area contributed by atoms with E-state index in [2.05, 4.69) is 30.4 Å². The maximum Gasteiger partial charge on any atom is 0.257 e. The Hall–Kier alpha value is -1.64. The Morgan fingerprint density at radius 3 is 2.38 bits per heavy atom. The number of methoxy groups -OCH3 is 1. The summed E-state index contributed by atoms with van der Waals surface area (Å²) >= 11 is 0. The van der Waals surface area contributed by atoms with Gasteiger partial charge in [0.2, 0.25) is 10.0 Å². The van der Waals surface area contributed by atoms with Crippen molar-refractivity contribution in [3.05, 3.63) is 23.8 Å². The van der Waals surface area contributed by atoms with E-state index >= 15 is 0 Å². The van der Waals surface area contributed by atoms with Gasteiger partial charge in [-0.05, 0) is 68.2 Å². The predicted octanol–water partition coefficient (Wildman–Crippen LogP) is 3.21. The molecular weight excluding hydrogens is 426 g/mol. The van der Waals surface area contributed by atoms with E-state index in [1.807, 2.05) is 0 Å². The van der Waals surface area contributed by atoms with Gasteiger partial charge in [0, 0.05) is 32.7 Å². The minimum atomic E-state index is -3.70. The first kappa shape index (κ1) is 25.0. The van der Waals surface area contributed by atoms with Crippen LogP contribution >= 0.6 is 0 Å². The predicted molar refractivity (Wildman–Crippen MR) is 126 cm³/mol. The lowest BCUT2D eigenvalue weighted by molar-refractivity contribution is 0.0693. The van der Waals surface area contributed by atoms with Gasteiger partial charge in [-0.3, -0.25) is 4.79 Å². The molecule has 2 aliphatic heterocycles. The van der Waals surface area contributed by atoms with Crippen molar-refractivity contribution >= 4 is 15.9 Å². The van der Waals surface area contributed by atoms with Gasteiger partial charge in [-0.2, -0.15) is 0 Å². The summed E-state index contributed by atoms with van der Waals surface area (Å²) in [7, 11) is -2.20. The maximum atomic E-state index is 13.1. The third kappa shape index (κ3) is 6.45. The summed E-state index contributed by atoms with van der Waals surface area (Å²) in [5, 5.41) is 0. The Morgan fingerprint density at radius 1 is 1.09 bits per heavy atom. The van der Waals surface area contributed by atoms with E-state index in [4.69, 9.17) is 4.74 Å². The largest absolute Gasteiger partial charge is 0.496 e. The summed E-state index contributed by atoms with van der Waals surface area (Å²) < 4.78 is 33.8. The summed E-state index contributed by atoms with van der Waals surface area (Å²) in [6, 6.07) is 4.53. The van der Waals surface area contributed by atoms with Crippen molar-refractivity contribution in [2.24, 2.45) is 17.8 Å². The highest BCUT2D eigenvalue weighted by Crippen LogP contribution is 2.26. The number of nitrogens with zero attached hydrogens (tertiary/aromatic N) is 2. The zero-order chi connectivity index (χ0) is 23.3. The summed E-state index contributed by atoms with van der Waals surface area (Å²) in [4.78, 5) is 17.4. The molecule has 2 heterocycles. The minimum absolute atomic E-state index is 0.104. The highest BCUT2D eigenvalue weighted by atomic mass is 32.2. The van der Waals surface area contributed by atoms with Crippen molar-refractivity contribution in [1.29, 1.82) is 0 Å². The molecule has 0 radical (unpaired) electrons. The lowest BCUT2D eigenvalue weighted by atomic mass is 9.92. The van der Waals surface area contributed by atoms with Crippen LogP contribution in [0.2, 0.25) is 0 Å². The van der Waals surface area contributed by atoms with E-state index in [0.29, 0.717) is 48.7 Å². The number of nitrogens with one attached hydrogen (secondary N) is 1. The molecule has 7 nitrogen and oxygen atoms in total. The molecule has 2 atom stereocenters. The van der Waals surface area contributed by atoms with Crippen LogP contribution in [0.25, 0.3) is 0 Å². The topological polar surface area (TPSA) is 79.0 Å². The fourth-order valence-corrected chi connectivity index (χ4v) is 6.07. The Balaban J connectivity index is 1.62. The summed E-state index contributed by atoms with van der Waals surface area (Å²) in [6.07, 6.45) is 3.94. The third-order valence-electron chi connectivity index (χ3n) is 6.67. The zero-order valence-electron chi connectivity index (χ0n) is 20.0. The van der Waals surface area contributed by atoms with E-state index < -0.39 is 10.0 Å². The molecule has 3 rings (SSSR count). The molecule has 0 bridgehead atoms. The number of amides is 1. The fourth-order valence-electron chi connectivity index (χ4n) is 4.97. The lowest BCUT2D eigenvalue weighted by Crippen LogP contribution is -2.40. The first-order chi connectivity index (χ1) is 15.2. The van der Waals surface area contributed by atoms with Crippen molar-refractivity contribution in [2.75, 3.05) is 46.4 Å². The number of benzene rings is 1. The second-order valence-electron chi connectivity index (χ2n) is 9.79. The Kier molecular flexibility index (Phi) is 8.58. The van der Waals surface area contributed by atoms with Gasteiger partial charge in [-0.25, -0.2) is 13.1 Å². The van der Waals surface area contributed by atoms with Crippen LogP contribution in [0.3, 0.4) is 0 Å². The normalized spacial score (nSPS) is 23.3. The number of piperidine rings is 2. The van der Waals surface area contributed by atoms with Crippen molar-refractivity contribution in [2.45, 2.75) is 51.3 Å². The second kappa shape index (κ2) is 11.0. The number of sulfonamides is 1. The number of ether oxygens (including phenoxy) is 1. The molecule has 8 heteroatoms. The van der Waals surface area contributed by atoms with Crippen LogP contribution in [0, 0.1) is 17.8 Å². The Bertz CT molecular complexity index is 871. The molecule has 2 saturated heterocycles. The number of hydrogen-bond donors (Lipinski definition) is 1. The highest BCUT2D eigenvalue weighted by molar-refractivity contribution is 7.89. The molecule has 0 spiro atoms. The molecule has 0 unspecified atom stereocenters. The van der Waals surface area contributed by atoms with Gasteiger partial charge in [0.15, 0.2) is 0 Å². The first-order valence-electron chi connectivity index (χ1n) is 11.9. The van der Waals surface area contributed by atoms with Crippen LogP contribution < -0.4 is 9.46 Å². The Morgan fingerprint density at radius 2 is 1.75 bits per heavy atom. The van der Waals surface area contributed by atoms with Crippen LogP contribution in [-0.4, -0.2) is 70.5 Å². The van der Waals surface area contributed by atoms with Crippen molar-refractivity contribution in [3.8, 4) is 5.75 Å². The van der Waals surface area contributed by atoms with E-state index in [1.165, 1.54) is 25.7 Å². The summed E-state index contributed by atoms with van der Waals surface area (Å²) in [5.41, 5.74) is 0.307. The quantitative estimate of drug-likeness (QED) is 0.597. The number of carbonyl (C=O) groups excluding carboxylic acids is 1. The first-order valence-corrected chi connectivity index (χ1v) is 13.4. The molecule has 1 amide bonds. The van der Waals surface area contributed by atoms with E-state index in [1.54, 1.807) is 11.0 Å². The number of likely N-dealkylation sites (tertiary alicyclic amines) is 2. The van der Waals surface area contributed by atoms with Crippen LogP contribution in [0.5, 0.6) is 5.75 Å². The average molecular weight is 466 g/mol. The number of hydrogen-bond acceptors (Lipinski definition) is 5. The lowest BCUT2D eigenvalue weighted by Gasteiger charge is -2.34. The van der Waals surface area contributed by atoms with Crippen molar-refractivity contribution < 1.29 is 17.9 Å². The van der Waals surface area contributed by atoms with Gasteiger partial charge in [-0.1, -0.05) is 20.8 Å². The molecule has 180 valence electrons. The Labute approximate surface area is 193 Å². The molecular formula is C24H39N3O4S. The SMILES string of the molecule is COc1ccc(S(=O)(=O)NCCCN2C[C@H](C)C[C@H](C)C2)cc1C(=O)N1CCC(C)CC1. The van der Waals surface area contributed by atoms with Gasteiger partial charge in [-0.15, -0.1) is 0 Å².